The molecule has 0 amide bonds. The van der Waals surface area contributed by atoms with Crippen LogP contribution in [0.15, 0.2) is 33.6 Å². The van der Waals surface area contributed by atoms with Crippen molar-refractivity contribution in [2.75, 3.05) is 12.3 Å². The molecule has 0 saturated heterocycles. The molecule has 1 N–H and O–H groups in total. The van der Waals surface area contributed by atoms with Crippen LogP contribution in [-0.4, -0.2) is 18.3 Å². The van der Waals surface area contributed by atoms with E-state index in [0.717, 1.165) is 16.8 Å². The van der Waals surface area contributed by atoms with Crippen LogP contribution in [0.4, 0.5) is 0 Å². The summed E-state index contributed by atoms with van der Waals surface area (Å²) in [4.78, 5) is 1.35. The van der Waals surface area contributed by atoms with Crippen molar-refractivity contribution in [2.24, 2.45) is 0 Å². The van der Waals surface area contributed by atoms with Gasteiger partial charge in [0.25, 0.3) is 0 Å². The molecule has 0 heterocycles. The Morgan fingerprint density at radius 2 is 1.88 bits per heavy atom. The maximum Gasteiger partial charge on any atom is 0.0176 e. The molecule has 3 heteroatoms. The maximum absolute atomic E-state index is 3.62. The molecule has 1 nitrogen and oxygen atoms in total. The number of nitrogens with one attached hydrogen (secondary N) is 1. The van der Waals surface area contributed by atoms with Crippen molar-refractivity contribution < 1.29 is 0 Å². The van der Waals surface area contributed by atoms with Gasteiger partial charge in [0.1, 0.15) is 0 Å². The third-order valence-electron chi connectivity index (χ3n) is 2.58. The predicted molar refractivity (Wildman–Crippen MR) is 81.9 cm³/mol. The average molecular weight is 316 g/mol. The van der Waals surface area contributed by atoms with Gasteiger partial charge in [-0.25, -0.2) is 0 Å². The van der Waals surface area contributed by atoms with Crippen LogP contribution in [0.5, 0.6) is 0 Å². The molecule has 0 aliphatic rings. The molecule has 96 valence electrons. The van der Waals surface area contributed by atoms with E-state index in [4.69, 9.17) is 0 Å². The van der Waals surface area contributed by atoms with E-state index in [0.29, 0.717) is 6.04 Å². The number of halogens is 1. The highest BCUT2D eigenvalue weighted by atomic mass is 79.9. The Bertz CT molecular complexity index is 300. The molecule has 0 aliphatic heterocycles. The summed E-state index contributed by atoms with van der Waals surface area (Å²) in [5.74, 6) is 1.16. The van der Waals surface area contributed by atoms with E-state index in [-0.39, 0.29) is 0 Å². The van der Waals surface area contributed by atoms with Gasteiger partial charge in [0.15, 0.2) is 0 Å². The third kappa shape index (κ3) is 6.49. The Morgan fingerprint density at radius 1 is 1.18 bits per heavy atom. The summed E-state index contributed by atoms with van der Waals surface area (Å²) in [6.45, 7) is 5.61. The molecule has 0 bridgehead atoms. The van der Waals surface area contributed by atoms with Gasteiger partial charge in [0.05, 0.1) is 0 Å². The second kappa shape index (κ2) is 9.01. The topological polar surface area (TPSA) is 12.0 Å². The van der Waals surface area contributed by atoms with Crippen LogP contribution in [0.1, 0.15) is 33.1 Å². The Labute approximate surface area is 118 Å². The van der Waals surface area contributed by atoms with Crippen molar-refractivity contribution >= 4 is 27.7 Å². The average Bonchev–Trinajstić information content (AvgIpc) is 2.35. The van der Waals surface area contributed by atoms with E-state index in [1.165, 1.54) is 24.2 Å². The predicted octanol–water partition coefficient (Wildman–Crippen LogP) is 4.71. The molecule has 0 aromatic heterocycles. The van der Waals surface area contributed by atoms with E-state index in [1.807, 2.05) is 11.8 Å². The lowest BCUT2D eigenvalue weighted by molar-refractivity contribution is 0.514. The summed E-state index contributed by atoms with van der Waals surface area (Å²) < 4.78 is 1.15. The van der Waals surface area contributed by atoms with Crippen LogP contribution in [0.3, 0.4) is 0 Å². The van der Waals surface area contributed by atoms with Crippen LogP contribution < -0.4 is 5.32 Å². The highest BCUT2D eigenvalue weighted by molar-refractivity contribution is 9.10. The molecule has 1 rings (SSSR count). The maximum atomic E-state index is 3.62. The van der Waals surface area contributed by atoms with Gasteiger partial charge in [0.2, 0.25) is 0 Å². The van der Waals surface area contributed by atoms with Gasteiger partial charge < -0.3 is 5.32 Å². The molecular weight excluding hydrogens is 294 g/mol. The summed E-state index contributed by atoms with van der Waals surface area (Å²) in [5, 5.41) is 3.62. The van der Waals surface area contributed by atoms with Gasteiger partial charge in [-0.3, -0.25) is 0 Å². The summed E-state index contributed by atoms with van der Waals surface area (Å²) in [6.07, 6.45) is 3.73. The van der Waals surface area contributed by atoms with Crippen LogP contribution >= 0.6 is 27.7 Å². The van der Waals surface area contributed by atoms with Crippen molar-refractivity contribution in [2.45, 2.75) is 44.0 Å². The van der Waals surface area contributed by atoms with E-state index >= 15 is 0 Å². The number of thioether (sulfide) groups is 1. The molecule has 1 aromatic rings. The highest BCUT2D eigenvalue weighted by Crippen LogP contribution is 2.22. The third-order valence-corrected chi connectivity index (χ3v) is 4.29. The van der Waals surface area contributed by atoms with E-state index in [2.05, 4.69) is 59.4 Å². The van der Waals surface area contributed by atoms with Gasteiger partial charge in [-0.1, -0.05) is 36.2 Å². The normalized spacial score (nSPS) is 12.6. The molecule has 1 atom stereocenters. The van der Waals surface area contributed by atoms with E-state index < -0.39 is 0 Å². The van der Waals surface area contributed by atoms with Gasteiger partial charge >= 0.3 is 0 Å². The number of hydrogen-bond donors (Lipinski definition) is 1. The van der Waals surface area contributed by atoms with Gasteiger partial charge in [-0.2, -0.15) is 0 Å². The summed E-state index contributed by atoms with van der Waals surface area (Å²) >= 11 is 5.41. The first kappa shape index (κ1) is 15.1. The van der Waals surface area contributed by atoms with Crippen molar-refractivity contribution in [3.63, 3.8) is 0 Å². The fraction of sp³-hybridized carbons (Fsp3) is 0.571. The molecule has 17 heavy (non-hydrogen) atoms. The molecule has 0 spiro atoms. The smallest absolute Gasteiger partial charge is 0.0176 e. The highest BCUT2D eigenvalue weighted by Gasteiger charge is 2.06. The molecular formula is C14H22BrNS. The zero-order valence-corrected chi connectivity index (χ0v) is 13.1. The minimum atomic E-state index is 0.647. The second-order valence-corrected chi connectivity index (χ2v) is 6.21. The fourth-order valence-corrected chi connectivity index (χ4v) is 2.94. The molecule has 0 fully saturated rings. The Kier molecular flexibility index (Phi) is 7.99. The Hall–Kier alpha value is 0.01000. The van der Waals surface area contributed by atoms with Crippen molar-refractivity contribution in [1.82, 2.24) is 5.32 Å². The van der Waals surface area contributed by atoms with Crippen LogP contribution in [-0.2, 0) is 0 Å². The van der Waals surface area contributed by atoms with E-state index in [1.54, 1.807) is 0 Å². The van der Waals surface area contributed by atoms with Gasteiger partial charge in [0, 0.05) is 21.2 Å². The van der Waals surface area contributed by atoms with Crippen LogP contribution in [0, 0.1) is 0 Å². The minimum absolute atomic E-state index is 0.647. The lowest BCUT2D eigenvalue weighted by atomic mass is 10.2. The van der Waals surface area contributed by atoms with Crippen molar-refractivity contribution in [3.05, 3.63) is 28.7 Å². The largest absolute Gasteiger partial charge is 0.313 e. The fourth-order valence-electron chi connectivity index (χ4n) is 1.67. The number of rotatable bonds is 8. The quantitative estimate of drug-likeness (QED) is 0.697. The van der Waals surface area contributed by atoms with Crippen LogP contribution in [0.2, 0.25) is 0 Å². The Morgan fingerprint density at radius 3 is 2.47 bits per heavy atom. The minimum Gasteiger partial charge on any atom is -0.313 e. The first-order chi connectivity index (χ1) is 8.26. The summed E-state index contributed by atoms with van der Waals surface area (Å²) in [5.41, 5.74) is 0. The molecule has 0 aliphatic carbocycles. The molecule has 1 unspecified atom stereocenters. The molecule has 0 radical (unpaired) electrons. The summed E-state index contributed by atoms with van der Waals surface area (Å²) in [7, 11) is 0. The number of benzene rings is 1. The van der Waals surface area contributed by atoms with Gasteiger partial charge in [-0.05, 0) is 43.7 Å². The summed E-state index contributed by atoms with van der Waals surface area (Å²) in [6, 6.07) is 9.22. The standard InChI is InChI=1S/C14H22BrNS/c1-3-5-13(16-10-4-2)11-17-14-8-6-12(15)7-9-14/h6-9,13,16H,3-5,10-11H2,1-2H3. The molecule has 0 saturated carbocycles. The van der Waals surface area contributed by atoms with Crippen molar-refractivity contribution in [3.8, 4) is 0 Å². The molecule has 1 aromatic carbocycles. The second-order valence-electron chi connectivity index (χ2n) is 4.20. The zero-order chi connectivity index (χ0) is 12.5. The lowest BCUT2D eigenvalue weighted by Crippen LogP contribution is -2.31. The SMILES string of the molecule is CCCNC(CCC)CSc1ccc(Br)cc1. The van der Waals surface area contributed by atoms with Gasteiger partial charge in [-0.15, -0.1) is 11.8 Å². The van der Waals surface area contributed by atoms with Crippen LogP contribution in [0.25, 0.3) is 0 Å². The Balaban J connectivity index is 2.37. The number of hydrogen-bond acceptors (Lipinski definition) is 2. The van der Waals surface area contributed by atoms with Crippen molar-refractivity contribution in [1.29, 1.82) is 0 Å². The first-order valence-electron chi connectivity index (χ1n) is 6.38. The van der Waals surface area contributed by atoms with E-state index in [9.17, 15) is 0 Å². The first-order valence-corrected chi connectivity index (χ1v) is 8.15. The monoisotopic (exact) mass is 315 g/mol. The zero-order valence-electron chi connectivity index (χ0n) is 10.7. The lowest BCUT2D eigenvalue weighted by Gasteiger charge is -2.17.